The van der Waals surface area contributed by atoms with E-state index in [1.54, 1.807) is 12.0 Å². The van der Waals surface area contributed by atoms with Crippen molar-refractivity contribution in [3.63, 3.8) is 0 Å². The summed E-state index contributed by atoms with van der Waals surface area (Å²) in [7, 11) is 1.59. The van der Waals surface area contributed by atoms with Gasteiger partial charge in [0.1, 0.15) is 11.0 Å². The van der Waals surface area contributed by atoms with Gasteiger partial charge in [-0.2, -0.15) is 0 Å². The molecule has 1 heterocycles. The van der Waals surface area contributed by atoms with Gasteiger partial charge in [0.25, 0.3) is 0 Å². The summed E-state index contributed by atoms with van der Waals surface area (Å²) >= 11 is 1.22. The summed E-state index contributed by atoms with van der Waals surface area (Å²) in [6.45, 7) is 0.312. The minimum Gasteiger partial charge on any atom is -0.497 e. The third-order valence-electron chi connectivity index (χ3n) is 5.31. The van der Waals surface area contributed by atoms with E-state index in [0.29, 0.717) is 23.1 Å². The van der Waals surface area contributed by atoms with Crippen molar-refractivity contribution < 1.29 is 24.2 Å². The van der Waals surface area contributed by atoms with Gasteiger partial charge in [-0.05, 0) is 54.1 Å². The summed E-state index contributed by atoms with van der Waals surface area (Å²) < 4.78 is 5.21. The molecule has 35 heavy (non-hydrogen) atoms. The Morgan fingerprint density at radius 2 is 1.74 bits per heavy atom. The van der Waals surface area contributed by atoms with Crippen molar-refractivity contribution in [2.45, 2.75) is 18.2 Å². The lowest BCUT2D eigenvalue weighted by molar-refractivity contribution is -0.129. The maximum atomic E-state index is 13.2. The first-order valence-electron chi connectivity index (χ1n) is 10.8. The Labute approximate surface area is 206 Å². The molecule has 0 unspecified atom stereocenters. The predicted molar refractivity (Wildman–Crippen MR) is 135 cm³/mol. The molecule has 1 fully saturated rings. The fourth-order valence-corrected chi connectivity index (χ4v) is 4.54. The van der Waals surface area contributed by atoms with Crippen LogP contribution in [0.4, 0.5) is 11.4 Å². The molecule has 178 valence electrons. The average Bonchev–Trinajstić information content (AvgIpc) is 2.87. The topological polar surface area (TPSA) is 108 Å². The minimum absolute atomic E-state index is 0.00761. The number of methoxy groups -OCH3 is 1. The van der Waals surface area contributed by atoms with Gasteiger partial charge >= 0.3 is 5.97 Å². The van der Waals surface area contributed by atoms with Crippen LogP contribution >= 0.6 is 11.8 Å². The lowest BCUT2D eigenvalue weighted by Gasteiger charge is -2.32. The third-order valence-corrected chi connectivity index (χ3v) is 6.50. The number of carbonyl (C=O) groups excluding carboxylic acids is 2. The van der Waals surface area contributed by atoms with Gasteiger partial charge in [-0.25, -0.2) is 9.79 Å². The first-order chi connectivity index (χ1) is 16.9. The molecule has 3 aromatic rings. The second kappa shape index (κ2) is 10.9. The van der Waals surface area contributed by atoms with E-state index in [9.17, 15) is 14.4 Å². The molecular formula is C26H23N3O5S. The molecule has 0 saturated carbocycles. The van der Waals surface area contributed by atoms with Crippen molar-refractivity contribution in [1.82, 2.24) is 4.90 Å². The van der Waals surface area contributed by atoms with Gasteiger partial charge in [0.15, 0.2) is 5.17 Å². The molecule has 1 atom stereocenters. The van der Waals surface area contributed by atoms with E-state index >= 15 is 0 Å². The van der Waals surface area contributed by atoms with E-state index in [-0.39, 0.29) is 23.8 Å². The molecule has 0 radical (unpaired) electrons. The Balaban J connectivity index is 1.55. The Morgan fingerprint density at radius 1 is 1.06 bits per heavy atom. The first-order valence-corrected chi connectivity index (χ1v) is 11.7. The van der Waals surface area contributed by atoms with E-state index in [0.717, 1.165) is 11.3 Å². The number of amides is 2. The molecule has 2 amide bonds. The van der Waals surface area contributed by atoms with Crippen LogP contribution in [-0.4, -0.2) is 45.3 Å². The Hall–Kier alpha value is -4.11. The molecule has 1 aliphatic heterocycles. The third kappa shape index (κ3) is 6.07. The quantitative estimate of drug-likeness (QED) is 0.504. The summed E-state index contributed by atoms with van der Waals surface area (Å²) in [5, 5.41) is 11.6. The number of hydrogen-bond acceptors (Lipinski definition) is 6. The largest absolute Gasteiger partial charge is 0.497 e. The summed E-state index contributed by atoms with van der Waals surface area (Å²) in [4.78, 5) is 43.4. The first kappa shape index (κ1) is 24.0. The fourth-order valence-electron chi connectivity index (χ4n) is 3.44. The number of nitrogens with zero attached hydrogens (tertiary/aromatic N) is 2. The summed E-state index contributed by atoms with van der Waals surface area (Å²) in [5.41, 5.74) is 2.15. The zero-order chi connectivity index (χ0) is 24.8. The molecule has 2 N–H and O–H groups in total. The van der Waals surface area contributed by atoms with Crippen LogP contribution in [0.5, 0.6) is 5.75 Å². The van der Waals surface area contributed by atoms with Gasteiger partial charge in [-0.1, -0.05) is 42.1 Å². The second-order valence-electron chi connectivity index (χ2n) is 7.74. The van der Waals surface area contributed by atoms with E-state index in [1.807, 2.05) is 54.6 Å². The van der Waals surface area contributed by atoms with Crippen LogP contribution < -0.4 is 10.1 Å². The molecule has 0 aromatic heterocycles. The number of thioether (sulfide) groups is 1. The Morgan fingerprint density at radius 3 is 2.37 bits per heavy atom. The van der Waals surface area contributed by atoms with E-state index < -0.39 is 11.2 Å². The van der Waals surface area contributed by atoms with Crippen LogP contribution in [0.3, 0.4) is 0 Å². The Bertz CT molecular complexity index is 1240. The molecule has 8 nitrogen and oxygen atoms in total. The van der Waals surface area contributed by atoms with E-state index in [4.69, 9.17) is 9.84 Å². The number of aromatic carboxylic acids is 1. The standard InChI is InChI=1S/C26H23N3O5S/c1-34-21-13-7-17(8-14-21)16-29-23(30)15-22(35-26(29)28-19-5-3-2-4-6-19)24(31)27-20-11-9-18(10-12-20)25(32)33/h2-14,22H,15-16H2,1H3,(H,27,31)(H,32,33)/t22-/m1/s1. The minimum atomic E-state index is -1.05. The number of anilines is 1. The van der Waals surface area contributed by atoms with Crippen LogP contribution in [0.2, 0.25) is 0 Å². The van der Waals surface area contributed by atoms with Crippen LogP contribution in [0.25, 0.3) is 0 Å². The fraction of sp³-hybridized carbons (Fsp3) is 0.154. The van der Waals surface area contributed by atoms with Gasteiger partial charge < -0.3 is 15.2 Å². The van der Waals surface area contributed by atoms with Crippen molar-refractivity contribution in [2.75, 3.05) is 12.4 Å². The molecule has 0 bridgehead atoms. The van der Waals surface area contributed by atoms with Gasteiger partial charge in [0, 0.05) is 12.1 Å². The maximum absolute atomic E-state index is 13.2. The van der Waals surface area contributed by atoms with Crippen molar-refractivity contribution in [1.29, 1.82) is 0 Å². The summed E-state index contributed by atoms with van der Waals surface area (Å²) in [5.74, 6) is -0.888. The van der Waals surface area contributed by atoms with Gasteiger partial charge in [-0.15, -0.1) is 0 Å². The number of aliphatic imine (C=N–C) groups is 1. The number of para-hydroxylation sites is 1. The van der Waals surface area contributed by atoms with Crippen molar-refractivity contribution in [3.05, 3.63) is 90.0 Å². The molecule has 1 aliphatic rings. The molecule has 0 aliphatic carbocycles. The van der Waals surface area contributed by atoms with Crippen LogP contribution in [0.1, 0.15) is 22.3 Å². The molecule has 4 rings (SSSR count). The van der Waals surface area contributed by atoms with Crippen LogP contribution in [0, 0.1) is 0 Å². The van der Waals surface area contributed by atoms with Crippen molar-refractivity contribution >= 4 is 46.1 Å². The molecule has 0 spiro atoms. The normalized spacial score (nSPS) is 16.7. The number of benzene rings is 3. The molecule has 3 aromatic carbocycles. The average molecular weight is 490 g/mol. The predicted octanol–water partition coefficient (Wildman–Crippen LogP) is 4.55. The molecule has 9 heteroatoms. The number of ether oxygens (including phenoxy) is 1. The van der Waals surface area contributed by atoms with Gasteiger partial charge in [0.2, 0.25) is 11.8 Å². The highest BCUT2D eigenvalue weighted by atomic mass is 32.2. The lowest BCUT2D eigenvalue weighted by atomic mass is 10.1. The number of nitrogens with one attached hydrogen (secondary N) is 1. The molecular weight excluding hydrogens is 466 g/mol. The Kier molecular flexibility index (Phi) is 7.47. The van der Waals surface area contributed by atoms with Crippen LogP contribution in [-0.2, 0) is 16.1 Å². The number of carboxylic acid groups (broad SMARTS) is 1. The summed E-state index contributed by atoms with van der Waals surface area (Å²) in [6, 6.07) is 22.5. The highest BCUT2D eigenvalue weighted by Gasteiger charge is 2.36. The lowest BCUT2D eigenvalue weighted by Crippen LogP contribution is -2.44. The van der Waals surface area contributed by atoms with E-state index in [2.05, 4.69) is 10.3 Å². The number of hydrogen-bond donors (Lipinski definition) is 2. The number of carboxylic acids is 1. The van der Waals surface area contributed by atoms with Crippen molar-refractivity contribution in [3.8, 4) is 5.75 Å². The number of rotatable bonds is 7. The van der Waals surface area contributed by atoms with Gasteiger partial charge in [-0.3, -0.25) is 14.5 Å². The van der Waals surface area contributed by atoms with Gasteiger partial charge in [0.05, 0.1) is 24.9 Å². The monoisotopic (exact) mass is 489 g/mol. The smallest absolute Gasteiger partial charge is 0.335 e. The highest BCUT2D eigenvalue weighted by Crippen LogP contribution is 2.31. The summed E-state index contributed by atoms with van der Waals surface area (Å²) in [6.07, 6.45) is 0.00761. The zero-order valence-corrected chi connectivity index (χ0v) is 19.7. The molecule has 1 saturated heterocycles. The number of amidine groups is 1. The highest BCUT2D eigenvalue weighted by molar-refractivity contribution is 8.15. The second-order valence-corrected chi connectivity index (χ2v) is 8.91. The zero-order valence-electron chi connectivity index (χ0n) is 18.9. The van der Waals surface area contributed by atoms with Crippen LogP contribution in [0.15, 0.2) is 83.9 Å². The van der Waals surface area contributed by atoms with Crippen molar-refractivity contribution in [2.24, 2.45) is 4.99 Å². The number of carbonyl (C=O) groups is 3. The SMILES string of the molecule is COc1ccc(CN2C(=O)C[C@H](C(=O)Nc3ccc(C(=O)O)cc3)SC2=Nc2ccccc2)cc1. The maximum Gasteiger partial charge on any atom is 0.335 e. The van der Waals surface area contributed by atoms with E-state index in [1.165, 1.54) is 36.0 Å².